The summed E-state index contributed by atoms with van der Waals surface area (Å²) in [6.45, 7) is 4.67. The molecule has 1 aromatic heterocycles. The van der Waals surface area contributed by atoms with Gasteiger partial charge in [-0.3, -0.25) is 9.59 Å². The smallest absolute Gasteiger partial charge is 0.305 e. The van der Waals surface area contributed by atoms with Crippen LogP contribution in [0.1, 0.15) is 46.3 Å². The van der Waals surface area contributed by atoms with E-state index in [0.717, 1.165) is 17.7 Å². The Morgan fingerprint density at radius 2 is 2.16 bits per heavy atom. The van der Waals surface area contributed by atoms with Crippen molar-refractivity contribution in [3.63, 3.8) is 0 Å². The highest BCUT2D eigenvalue weighted by molar-refractivity contribution is 7.14. The van der Waals surface area contributed by atoms with Gasteiger partial charge in [0.05, 0.1) is 12.0 Å². The maximum Gasteiger partial charge on any atom is 0.305 e. The van der Waals surface area contributed by atoms with Crippen LogP contribution in [0.5, 0.6) is 0 Å². The number of amides is 1. The Balaban J connectivity index is 2.41. The number of ether oxygens (including phenoxy) is 1. The molecule has 0 aliphatic carbocycles. The molecule has 0 bridgehead atoms. The van der Waals surface area contributed by atoms with Crippen LogP contribution in [0.15, 0.2) is 6.07 Å². The van der Waals surface area contributed by atoms with Crippen molar-refractivity contribution in [3.8, 4) is 0 Å². The summed E-state index contributed by atoms with van der Waals surface area (Å²) in [7, 11) is 1.37. The number of carbonyl (C=O) groups excluding carboxylic acids is 2. The molecule has 19 heavy (non-hydrogen) atoms. The molecule has 0 fully saturated rings. The number of thiophene rings is 1. The van der Waals surface area contributed by atoms with Gasteiger partial charge in [0.1, 0.15) is 0 Å². The van der Waals surface area contributed by atoms with Gasteiger partial charge in [-0.1, -0.05) is 13.3 Å². The van der Waals surface area contributed by atoms with Gasteiger partial charge >= 0.3 is 5.97 Å². The average Bonchev–Trinajstić information content (AvgIpc) is 2.76. The van der Waals surface area contributed by atoms with Gasteiger partial charge in [0, 0.05) is 17.8 Å². The van der Waals surface area contributed by atoms with Gasteiger partial charge in [-0.15, -0.1) is 11.3 Å². The summed E-state index contributed by atoms with van der Waals surface area (Å²) in [6.07, 6.45) is 3.03. The second-order valence-electron chi connectivity index (χ2n) is 4.38. The number of methoxy groups -OCH3 is 1. The van der Waals surface area contributed by atoms with E-state index in [1.54, 1.807) is 0 Å². The molecule has 0 radical (unpaired) electrons. The van der Waals surface area contributed by atoms with E-state index in [9.17, 15) is 9.59 Å². The lowest BCUT2D eigenvalue weighted by Crippen LogP contribution is -2.24. The van der Waals surface area contributed by atoms with Crippen LogP contribution < -0.4 is 5.32 Å². The molecule has 4 nitrogen and oxygen atoms in total. The van der Waals surface area contributed by atoms with Crippen LogP contribution in [-0.4, -0.2) is 25.5 Å². The molecule has 0 aliphatic heterocycles. The predicted octanol–water partition coefficient (Wildman–Crippen LogP) is 2.69. The number of esters is 1. The highest BCUT2D eigenvalue weighted by atomic mass is 32.1. The zero-order chi connectivity index (χ0) is 14.3. The highest BCUT2D eigenvalue weighted by Crippen LogP contribution is 2.22. The van der Waals surface area contributed by atoms with Crippen molar-refractivity contribution in [1.82, 2.24) is 5.32 Å². The van der Waals surface area contributed by atoms with Crippen LogP contribution in [0, 0.1) is 6.92 Å². The van der Waals surface area contributed by atoms with Gasteiger partial charge in [-0.05, 0) is 31.4 Å². The lowest BCUT2D eigenvalue weighted by atomic mass is 10.1. The quantitative estimate of drug-likeness (QED) is 0.618. The van der Waals surface area contributed by atoms with E-state index in [2.05, 4.69) is 17.0 Å². The van der Waals surface area contributed by atoms with Gasteiger partial charge in [0.15, 0.2) is 0 Å². The molecule has 1 heterocycles. The lowest BCUT2D eigenvalue weighted by molar-refractivity contribution is -0.140. The minimum Gasteiger partial charge on any atom is -0.469 e. The molecule has 0 spiro atoms. The van der Waals surface area contributed by atoms with E-state index in [-0.39, 0.29) is 11.9 Å². The largest absolute Gasteiger partial charge is 0.469 e. The standard InChI is InChI=1S/C14H21NO3S/c1-4-6-11-9-12(19-10(11)2)14(17)15-8-5-7-13(16)18-3/h9H,4-8H2,1-3H3,(H,15,17). The Hall–Kier alpha value is -1.36. The van der Waals surface area contributed by atoms with Gasteiger partial charge < -0.3 is 10.1 Å². The van der Waals surface area contributed by atoms with Crippen LogP contribution in [0.2, 0.25) is 0 Å². The minimum absolute atomic E-state index is 0.0553. The van der Waals surface area contributed by atoms with Crippen LogP contribution >= 0.6 is 11.3 Å². The van der Waals surface area contributed by atoms with E-state index >= 15 is 0 Å². The molecule has 1 rings (SSSR count). The monoisotopic (exact) mass is 283 g/mol. The Kier molecular flexibility index (Phi) is 6.56. The fraction of sp³-hybridized carbons (Fsp3) is 0.571. The van der Waals surface area contributed by atoms with E-state index in [4.69, 9.17) is 0 Å². The third kappa shape index (κ3) is 5.03. The summed E-state index contributed by atoms with van der Waals surface area (Å²) in [6, 6.07) is 1.97. The second kappa shape index (κ2) is 7.94. The van der Waals surface area contributed by atoms with E-state index in [0.29, 0.717) is 19.4 Å². The number of hydrogen-bond acceptors (Lipinski definition) is 4. The molecular weight excluding hydrogens is 262 g/mol. The third-order valence-electron chi connectivity index (χ3n) is 2.83. The molecule has 1 N–H and O–H groups in total. The Labute approximate surface area is 118 Å². The van der Waals surface area contributed by atoms with Crippen LogP contribution in [0.3, 0.4) is 0 Å². The summed E-state index contributed by atoms with van der Waals surface area (Å²) < 4.78 is 4.54. The Morgan fingerprint density at radius 1 is 1.42 bits per heavy atom. The highest BCUT2D eigenvalue weighted by Gasteiger charge is 2.11. The predicted molar refractivity (Wildman–Crippen MR) is 76.6 cm³/mol. The zero-order valence-electron chi connectivity index (χ0n) is 11.7. The number of carbonyl (C=O) groups is 2. The summed E-state index contributed by atoms with van der Waals surface area (Å²) in [5, 5.41) is 2.82. The first-order chi connectivity index (χ1) is 9.08. The van der Waals surface area contributed by atoms with Gasteiger partial charge in [0.2, 0.25) is 0 Å². The SMILES string of the molecule is CCCc1cc(C(=O)NCCCC(=O)OC)sc1C. The molecular formula is C14H21NO3S. The fourth-order valence-corrected chi connectivity index (χ4v) is 2.76. The van der Waals surface area contributed by atoms with Crippen LogP contribution in [0.4, 0.5) is 0 Å². The van der Waals surface area contributed by atoms with E-state index in [1.807, 2.05) is 13.0 Å². The summed E-state index contributed by atoms with van der Waals surface area (Å²) >= 11 is 1.53. The van der Waals surface area contributed by atoms with Crippen LogP contribution in [-0.2, 0) is 16.0 Å². The molecule has 0 saturated carbocycles. The molecule has 5 heteroatoms. The average molecular weight is 283 g/mol. The molecule has 0 saturated heterocycles. The van der Waals surface area contributed by atoms with Crippen molar-refractivity contribution < 1.29 is 14.3 Å². The van der Waals surface area contributed by atoms with Gasteiger partial charge in [-0.25, -0.2) is 0 Å². The molecule has 106 valence electrons. The fourth-order valence-electron chi connectivity index (χ4n) is 1.77. The normalized spacial score (nSPS) is 10.3. The molecule has 0 unspecified atom stereocenters. The van der Waals surface area contributed by atoms with Crippen molar-refractivity contribution in [3.05, 3.63) is 21.4 Å². The first kappa shape index (κ1) is 15.7. The molecule has 1 aromatic rings. The van der Waals surface area contributed by atoms with E-state index in [1.165, 1.54) is 28.9 Å². The van der Waals surface area contributed by atoms with Crippen LogP contribution in [0.25, 0.3) is 0 Å². The van der Waals surface area contributed by atoms with Crippen molar-refractivity contribution in [2.75, 3.05) is 13.7 Å². The molecule has 0 atom stereocenters. The summed E-state index contributed by atoms with van der Waals surface area (Å²) in [4.78, 5) is 24.8. The van der Waals surface area contributed by atoms with Gasteiger partial charge in [-0.2, -0.15) is 0 Å². The summed E-state index contributed by atoms with van der Waals surface area (Å²) in [5.74, 6) is -0.299. The van der Waals surface area contributed by atoms with Crippen molar-refractivity contribution in [2.45, 2.75) is 39.5 Å². The van der Waals surface area contributed by atoms with Gasteiger partial charge in [0.25, 0.3) is 5.91 Å². The van der Waals surface area contributed by atoms with Crippen molar-refractivity contribution >= 4 is 23.2 Å². The maximum atomic E-state index is 11.9. The summed E-state index contributed by atoms with van der Waals surface area (Å²) in [5.41, 5.74) is 1.26. The van der Waals surface area contributed by atoms with Crippen molar-refractivity contribution in [2.24, 2.45) is 0 Å². The topological polar surface area (TPSA) is 55.4 Å². The second-order valence-corrected chi connectivity index (χ2v) is 5.63. The lowest BCUT2D eigenvalue weighted by Gasteiger charge is -2.02. The van der Waals surface area contributed by atoms with E-state index < -0.39 is 0 Å². The molecule has 1 amide bonds. The number of nitrogens with one attached hydrogen (secondary N) is 1. The molecule has 0 aliphatic rings. The number of hydrogen-bond donors (Lipinski definition) is 1. The minimum atomic E-state index is -0.244. The maximum absolute atomic E-state index is 11.9. The zero-order valence-corrected chi connectivity index (χ0v) is 12.6. The third-order valence-corrected chi connectivity index (χ3v) is 3.93. The van der Waals surface area contributed by atoms with Crippen molar-refractivity contribution in [1.29, 1.82) is 0 Å². The first-order valence-electron chi connectivity index (χ1n) is 6.52. The first-order valence-corrected chi connectivity index (χ1v) is 7.34. The number of rotatable bonds is 7. The number of aryl methyl sites for hydroxylation is 2. The Bertz CT molecular complexity index is 440. The Morgan fingerprint density at radius 3 is 2.79 bits per heavy atom. The molecule has 0 aromatic carbocycles.